The van der Waals surface area contributed by atoms with Gasteiger partial charge in [0.05, 0.1) is 6.10 Å². The second-order valence-corrected chi connectivity index (χ2v) is 4.57. The van der Waals surface area contributed by atoms with Gasteiger partial charge in [-0.1, -0.05) is 13.0 Å². The summed E-state index contributed by atoms with van der Waals surface area (Å²) in [6, 6.07) is 5.92. The Balaban J connectivity index is 2.34. The molecule has 2 heterocycles. The van der Waals surface area contributed by atoms with Crippen LogP contribution in [-0.2, 0) is 0 Å². The standard InChI is InChI=1S/C14H19N5O/c1-4-8-16-13-17-12(11-7-5-6-9-15-11)18-14(19-13)20-10(2)3/h5-7,9-10H,4,8H2,1-3H3,(H,16,17,18,19). The Morgan fingerprint density at radius 2 is 2.05 bits per heavy atom. The fraction of sp³-hybridized carbons (Fsp3) is 0.429. The van der Waals surface area contributed by atoms with Gasteiger partial charge in [0.1, 0.15) is 5.69 Å². The number of pyridine rings is 1. The number of aromatic nitrogens is 4. The van der Waals surface area contributed by atoms with Crippen molar-refractivity contribution in [2.24, 2.45) is 0 Å². The molecule has 0 bridgehead atoms. The molecule has 0 amide bonds. The van der Waals surface area contributed by atoms with Gasteiger partial charge in [0.2, 0.25) is 5.95 Å². The molecule has 0 aromatic carbocycles. The molecule has 0 atom stereocenters. The number of nitrogens with zero attached hydrogens (tertiary/aromatic N) is 4. The molecular formula is C14H19N5O. The monoisotopic (exact) mass is 273 g/mol. The first-order valence-electron chi connectivity index (χ1n) is 6.77. The molecule has 6 nitrogen and oxygen atoms in total. The minimum Gasteiger partial charge on any atom is -0.461 e. The fourth-order valence-electron chi connectivity index (χ4n) is 1.55. The lowest BCUT2D eigenvalue weighted by atomic mass is 10.3. The van der Waals surface area contributed by atoms with Gasteiger partial charge < -0.3 is 10.1 Å². The Morgan fingerprint density at radius 1 is 1.20 bits per heavy atom. The van der Waals surface area contributed by atoms with Crippen molar-refractivity contribution in [3.8, 4) is 17.5 Å². The summed E-state index contributed by atoms with van der Waals surface area (Å²) >= 11 is 0. The number of ether oxygens (including phenoxy) is 1. The van der Waals surface area contributed by atoms with Crippen molar-refractivity contribution in [3.05, 3.63) is 24.4 Å². The Labute approximate surface area is 118 Å². The maximum atomic E-state index is 5.57. The number of hydrogen-bond donors (Lipinski definition) is 1. The summed E-state index contributed by atoms with van der Waals surface area (Å²) < 4.78 is 5.57. The van der Waals surface area contributed by atoms with Crippen molar-refractivity contribution in [2.75, 3.05) is 11.9 Å². The molecule has 0 radical (unpaired) electrons. The maximum Gasteiger partial charge on any atom is 0.322 e. The van der Waals surface area contributed by atoms with E-state index in [1.807, 2.05) is 32.0 Å². The van der Waals surface area contributed by atoms with Crippen LogP contribution < -0.4 is 10.1 Å². The van der Waals surface area contributed by atoms with Crippen molar-refractivity contribution >= 4 is 5.95 Å². The summed E-state index contributed by atoms with van der Waals surface area (Å²) in [5.74, 6) is 1.02. The summed E-state index contributed by atoms with van der Waals surface area (Å²) in [7, 11) is 0. The van der Waals surface area contributed by atoms with Gasteiger partial charge in [-0.05, 0) is 32.4 Å². The van der Waals surface area contributed by atoms with Crippen LogP contribution in [0.2, 0.25) is 0 Å². The van der Waals surface area contributed by atoms with Gasteiger partial charge in [0, 0.05) is 12.7 Å². The number of rotatable bonds is 6. The molecule has 0 aliphatic carbocycles. The second kappa shape index (κ2) is 6.79. The number of hydrogen-bond acceptors (Lipinski definition) is 6. The quantitative estimate of drug-likeness (QED) is 0.872. The summed E-state index contributed by atoms with van der Waals surface area (Å²) in [5, 5.41) is 3.15. The van der Waals surface area contributed by atoms with E-state index >= 15 is 0 Å². The molecule has 0 saturated carbocycles. The minimum absolute atomic E-state index is 0.00741. The van der Waals surface area contributed by atoms with Crippen molar-refractivity contribution in [3.63, 3.8) is 0 Å². The highest BCUT2D eigenvalue weighted by molar-refractivity contribution is 5.50. The van der Waals surface area contributed by atoms with E-state index in [1.54, 1.807) is 6.20 Å². The number of nitrogens with one attached hydrogen (secondary N) is 1. The van der Waals surface area contributed by atoms with E-state index in [9.17, 15) is 0 Å². The molecule has 0 fully saturated rings. The van der Waals surface area contributed by atoms with Gasteiger partial charge in [-0.3, -0.25) is 4.98 Å². The summed E-state index contributed by atoms with van der Waals surface area (Å²) in [6.07, 6.45) is 2.71. The van der Waals surface area contributed by atoms with Gasteiger partial charge in [0.25, 0.3) is 0 Å². The lowest BCUT2D eigenvalue weighted by molar-refractivity contribution is 0.222. The fourth-order valence-corrected chi connectivity index (χ4v) is 1.55. The molecule has 1 N–H and O–H groups in total. The van der Waals surface area contributed by atoms with Crippen LogP contribution in [0.15, 0.2) is 24.4 Å². The van der Waals surface area contributed by atoms with Crippen LogP contribution in [0.3, 0.4) is 0 Å². The van der Waals surface area contributed by atoms with Crippen LogP contribution in [0.5, 0.6) is 6.01 Å². The van der Waals surface area contributed by atoms with Gasteiger partial charge in [-0.15, -0.1) is 0 Å². The van der Waals surface area contributed by atoms with E-state index in [0.717, 1.165) is 13.0 Å². The average molecular weight is 273 g/mol. The number of anilines is 1. The first kappa shape index (κ1) is 14.2. The maximum absolute atomic E-state index is 5.57. The van der Waals surface area contributed by atoms with Crippen LogP contribution in [0, 0.1) is 0 Å². The molecule has 0 spiro atoms. The average Bonchev–Trinajstić information content (AvgIpc) is 2.45. The smallest absolute Gasteiger partial charge is 0.322 e. The van der Waals surface area contributed by atoms with Gasteiger partial charge in [-0.2, -0.15) is 15.0 Å². The predicted octanol–water partition coefficient (Wildman–Crippen LogP) is 2.54. The Kier molecular flexibility index (Phi) is 4.81. The van der Waals surface area contributed by atoms with Gasteiger partial charge >= 0.3 is 6.01 Å². The molecule has 20 heavy (non-hydrogen) atoms. The third kappa shape index (κ3) is 3.88. The molecule has 2 aromatic rings. The Hall–Kier alpha value is -2.24. The van der Waals surface area contributed by atoms with E-state index in [0.29, 0.717) is 23.5 Å². The van der Waals surface area contributed by atoms with Crippen LogP contribution >= 0.6 is 0 Å². The summed E-state index contributed by atoms with van der Waals surface area (Å²) in [5.41, 5.74) is 0.697. The van der Waals surface area contributed by atoms with E-state index in [-0.39, 0.29) is 6.10 Å². The van der Waals surface area contributed by atoms with Crippen LogP contribution in [0.25, 0.3) is 11.5 Å². The first-order chi connectivity index (χ1) is 9.69. The predicted molar refractivity (Wildman–Crippen MR) is 77.6 cm³/mol. The van der Waals surface area contributed by atoms with Crippen molar-refractivity contribution in [2.45, 2.75) is 33.3 Å². The molecule has 0 aliphatic rings. The Morgan fingerprint density at radius 3 is 2.70 bits per heavy atom. The molecule has 106 valence electrons. The molecule has 2 rings (SSSR count). The third-order valence-electron chi connectivity index (χ3n) is 2.38. The highest BCUT2D eigenvalue weighted by Gasteiger charge is 2.11. The zero-order valence-corrected chi connectivity index (χ0v) is 12.0. The van der Waals surface area contributed by atoms with E-state index in [4.69, 9.17) is 4.74 Å². The molecule has 0 saturated heterocycles. The molecular weight excluding hydrogens is 254 g/mol. The van der Waals surface area contributed by atoms with Crippen LogP contribution in [0.1, 0.15) is 27.2 Å². The minimum atomic E-state index is 0.00741. The van der Waals surface area contributed by atoms with Crippen molar-refractivity contribution in [1.29, 1.82) is 0 Å². The Bertz CT molecular complexity index is 545. The second-order valence-electron chi connectivity index (χ2n) is 4.57. The normalized spacial score (nSPS) is 10.6. The highest BCUT2D eigenvalue weighted by Crippen LogP contribution is 2.17. The summed E-state index contributed by atoms with van der Waals surface area (Å²) in [4.78, 5) is 17.2. The highest BCUT2D eigenvalue weighted by atomic mass is 16.5. The van der Waals surface area contributed by atoms with Crippen molar-refractivity contribution < 1.29 is 4.74 Å². The van der Waals surface area contributed by atoms with Crippen LogP contribution in [-0.4, -0.2) is 32.6 Å². The molecule has 2 aromatic heterocycles. The summed E-state index contributed by atoms with van der Waals surface area (Å²) in [6.45, 7) is 6.75. The van der Waals surface area contributed by atoms with E-state index < -0.39 is 0 Å². The van der Waals surface area contributed by atoms with Gasteiger partial charge in [-0.25, -0.2) is 0 Å². The molecule has 6 heteroatoms. The topological polar surface area (TPSA) is 72.8 Å². The molecule has 0 aliphatic heterocycles. The lowest BCUT2D eigenvalue weighted by Gasteiger charge is -2.10. The largest absolute Gasteiger partial charge is 0.461 e. The van der Waals surface area contributed by atoms with E-state index in [1.165, 1.54) is 0 Å². The zero-order valence-electron chi connectivity index (χ0n) is 12.0. The zero-order chi connectivity index (χ0) is 14.4. The third-order valence-corrected chi connectivity index (χ3v) is 2.38. The van der Waals surface area contributed by atoms with Crippen LogP contribution in [0.4, 0.5) is 5.95 Å². The first-order valence-corrected chi connectivity index (χ1v) is 6.77. The van der Waals surface area contributed by atoms with Crippen molar-refractivity contribution in [1.82, 2.24) is 19.9 Å². The molecule has 0 unspecified atom stereocenters. The SMILES string of the molecule is CCCNc1nc(OC(C)C)nc(-c2ccccn2)n1. The van der Waals surface area contributed by atoms with Gasteiger partial charge in [0.15, 0.2) is 5.82 Å². The lowest BCUT2D eigenvalue weighted by Crippen LogP contribution is -2.12. The van der Waals surface area contributed by atoms with E-state index in [2.05, 4.69) is 32.2 Å².